The third-order valence-electron chi connectivity index (χ3n) is 2.87. The van der Waals surface area contributed by atoms with Gasteiger partial charge in [-0.05, 0) is 12.8 Å². The van der Waals surface area contributed by atoms with Crippen LogP contribution in [-0.4, -0.2) is 44.1 Å². The van der Waals surface area contributed by atoms with Crippen molar-refractivity contribution in [2.45, 2.75) is 38.1 Å². The minimum atomic E-state index is -3.40. The molecule has 1 saturated carbocycles. The molecule has 0 saturated heterocycles. The summed E-state index contributed by atoms with van der Waals surface area (Å²) < 4.78 is 27.1. The first-order chi connectivity index (χ1) is 7.11. The fraction of sp³-hybridized carbons (Fsp3) is 1.00. The van der Waals surface area contributed by atoms with Crippen molar-refractivity contribution >= 4 is 10.2 Å². The van der Waals surface area contributed by atoms with Gasteiger partial charge in [0.05, 0.1) is 6.61 Å². The van der Waals surface area contributed by atoms with Crippen molar-refractivity contribution in [1.82, 2.24) is 9.03 Å². The highest BCUT2D eigenvalue weighted by atomic mass is 32.2. The van der Waals surface area contributed by atoms with Crippen molar-refractivity contribution < 1.29 is 13.5 Å². The lowest BCUT2D eigenvalue weighted by molar-refractivity contribution is 0.198. The Morgan fingerprint density at radius 3 is 2.40 bits per heavy atom. The lowest BCUT2D eigenvalue weighted by Gasteiger charge is -2.32. The van der Waals surface area contributed by atoms with Crippen LogP contribution in [0.15, 0.2) is 0 Å². The number of nitrogens with zero attached hydrogens (tertiary/aromatic N) is 1. The molecule has 1 rings (SSSR count). The van der Waals surface area contributed by atoms with E-state index < -0.39 is 10.2 Å². The van der Waals surface area contributed by atoms with Gasteiger partial charge in [0.2, 0.25) is 0 Å². The van der Waals surface area contributed by atoms with Crippen LogP contribution in [0, 0.1) is 0 Å². The van der Waals surface area contributed by atoms with Crippen LogP contribution >= 0.6 is 0 Å². The Hall–Kier alpha value is -0.170. The lowest BCUT2D eigenvalue weighted by atomic mass is 9.95. The van der Waals surface area contributed by atoms with Crippen LogP contribution in [0.1, 0.15) is 32.1 Å². The molecule has 0 amide bonds. The van der Waals surface area contributed by atoms with Gasteiger partial charge >= 0.3 is 0 Å². The monoisotopic (exact) mass is 236 g/mol. The smallest absolute Gasteiger partial charge is 0.279 e. The van der Waals surface area contributed by atoms with Gasteiger partial charge in [0.15, 0.2) is 0 Å². The van der Waals surface area contributed by atoms with Crippen molar-refractivity contribution in [2.24, 2.45) is 0 Å². The molecule has 2 N–H and O–H groups in total. The van der Waals surface area contributed by atoms with Crippen molar-refractivity contribution in [3.8, 4) is 0 Å². The van der Waals surface area contributed by atoms with Gasteiger partial charge in [0.25, 0.3) is 10.2 Å². The lowest BCUT2D eigenvalue weighted by Crippen LogP contribution is -2.47. The van der Waals surface area contributed by atoms with Gasteiger partial charge in [-0.3, -0.25) is 0 Å². The highest BCUT2D eigenvalue weighted by molar-refractivity contribution is 7.87. The molecule has 0 atom stereocenters. The summed E-state index contributed by atoms with van der Waals surface area (Å²) in [4.78, 5) is 0. The molecule has 0 spiro atoms. The molecule has 0 heterocycles. The molecular formula is C9H20N2O3S. The second-order valence-corrected chi connectivity index (χ2v) is 5.66. The molecule has 0 aromatic heterocycles. The highest BCUT2D eigenvalue weighted by Gasteiger charge is 2.29. The summed E-state index contributed by atoms with van der Waals surface area (Å²) in [5.41, 5.74) is 0. The van der Waals surface area contributed by atoms with E-state index in [1.54, 1.807) is 0 Å². The third kappa shape index (κ3) is 3.41. The number of hydrogen-bond donors (Lipinski definition) is 2. The molecule has 1 aliphatic rings. The Bertz CT molecular complexity index is 273. The van der Waals surface area contributed by atoms with Crippen LogP contribution in [0.4, 0.5) is 0 Å². The van der Waals surface area contributed by atoms with Gasteiger partial charge in [-0.15, -0.1) is 0 Å². The average molecular weight is 236 g/mol. The van der Waals surface area contributed by atoms with Gasteiger partial charge in [0.1, 0.15) is 0 Å². The van der Waals surface area contributed by atoms with Crippen LogP contribution in [-0.2, 0) is 10.2 Å². The zero-order chi connectivity index (χ0) is 11.3. The Morgan fingerprint density at radius 1 is 1.33 bits per heavy atom. The Labute approximate surface area is 91.7 Å². The van der Waals surface area contributed by atoms with E-state index in [9.17, 15) is 8.42 Å². The van der Waals surface area contributed by atoms with Crippen LogP contribution in [0.25, 0.3) is 0 Å². The van der Waals surface area contributed by atoms with E-state index in [4.69, 9.17) is 5.11 Å². The Balaban J connectivity index is 2.72. The van der Waals surface area contributed by atoms with E-state index in [1.807, 2.05) is 0 Å². The largest absolute Gasteiger partial charge is 0.395 e. The first kappa shape index (κ1) is 12.9. The molecule has 90 valence electrons. The van der Waals surface area contributed by atoms with E-state index in [2.05, 4.69) is 4.72 Å². The molecule has 0 aromatic carbocycles. The zero-order valence-electron chi connectivity index (χ0n) is 9.15. The molecule has 0 unspecified atom stereocenters. The maximum atomic E-state index is 11.7. The van der Waals surface area contributed by atoms with E-state index in [0.29, 0.717) is 0 Å². The molecule has 1 fully saturated rings. The molecule has 0 aliphatic heterocycles. The average Bonchev–Trinajstić information content (AvgIpc) is 2.27. The van der Waals surface area contributed by atoms with Gasteiger partial charge in [-0.1, -0.05) is 19.3 Å². The van der Waals surface area contributed by atoms with E-state index in [0.717, 1.165) is 25.7 Å². The summed E-state index contributed by atoms with van der Waals surface area (Å²) in [6.07, 6.45) is 5.14. The maximum absolute atomic E-state index is 11.7. The van der Waals surface area contributed by atoms with Crippen LogP contribution in [0.3, 0.4) is 0 Å². The third-order valence-corrected chi connectivity index (χ3v) is 4.48. The highest BCUT2D eigenvalue weighted by Crippen LogP contribution is 2.23. The molecule has 0 aromatic rings. The molecule has 6 heteroatoms. The summed E-state index contributed by atoms with van der Waals surface area (Å²) in [7, 11) is -1.99. The summed E-state index contributed by atoms with van der Waals surface area (Å²) in [5.74, 6) is 0. The standard InChI is InChI=1S/C9H20N2O3S/c1-10-15(13,14)11(7-8-12)9-5-3-2-4-6-9/h9-10,12H,2-8H2,1H3. The van der Waals surface area contributed by atoms with Gasteiger partial charge in [0, 0.05) is 19.6 Å². The quantitative estimate of drug-likeness (QED) is 0.710. The minimum Gasteiger partial charge on any atom is -0.395 e. The van der Waals surface area contributed by atoms with Crippen molar-refractivity contribution in [1.29, 1.82) is 0 Å². The molecule has 0 bridgehead atoms. The summed E-state index contributed by atoms with van der Waals surface area (Å²) in [6.45, 7) is 0.0608. The van der Waals surface area contributed by atoms with Gasteiger partial charge < -0.3 is 5.11 Å². The van der Waals surface area contributed by atoms with E-state index >= 15 is 0 Å². The van der Waals surface area contributed by atoms with Crippen molar-refractivity contribution in [2.75, 3.05) is 20.2 Å². The predicted octanol–water partition coefficient (Wildman–Crippen LogP) is 0.0776. The fourth-order valence-electron chi connectivity index (χ4n) is 2.08. The topological polar surface area (TPSA) is 69.6 Å². The van der Waals surface area contributed by atoms with E-state index in [-0.39, 0.29) is 19.2 Å². The number of nitrogens with one attached hydrogen (secondary N) is 1. The maximum Gasteiger partial charge on any atom is 0.279 e. The number of aliphatic hydroxyl groups excluding tert-OH is 1. The predicted molar refractivity (Wildman–Crippen MR) is 58.6 cm³/mol. The Kier molecular flexibility index (Phi) is 4.98. The number of hydrogen-bond acceptors (Lipinski definition) is 3. The normalized spacial score (nSPS) is 19.7. The SMILES string of the molecule is CNS(=O)(=O)N(CCO)C1CCCCC1. The summed E-state index contributed by atoms with van der Waals surface area (Å²) in [6, 6.07) is 0.0587. The molecular weight excluding hydrogens is 216 g/mol. The molecule has 1 aliphatic carbocycles. The molecule has 15 heavy (non-hydrogen) atoms. The second-order valence-electron chi connectivity index (χ2n) is 3.84. The minimum absolute atomic E-state index is 0.0587. The van der Waals surface area contributed by atoms with Gasteiger partial charge in [-0.25, -0.2) is 4.72 Å². The zero-order valence-corrected chi connectivity index (χ0v) is 9.96. The number of aliphatic hydroxyl groups is 1. The Morgan fingerprint density at radius 2 is 1.93 bits per heavy atom. The summed E-state index contributed by atoms with van der Waals surface area (Å²) in [5, 5.41) is 8.89. The molecule has 0 radical (unpaired) electrons. The van der Waals surface area contributed by atoms with Crippen molar-refractivity contribution in [3.05, 3.63) is 0 Å². The first-order valence-corrected chi connectivity index (χ1v) is 6.87. The van der Waals surface area contributed by atoms with Crippen LogP contribution in [0.5, 0.6) is 0 Å². The van der Waals surface area contributed by atoms with Crippen LogP contribution in [0.2, 0.25) is 0 Å². The first-order valence-electron chi connectivity index (χ1n) is 5.43. The number of rotatable bonds is 5. The fourth-order valence-corrected chi connectivity index (χ4v) is 3.24. The summed E-state index contributed by atoms with van der Waals surface area (Å²) >= 11 is 0. The van der Waals surface area contributed by atoms with Gasteiger partial charge in [-0.2, -0.15) is 12.7 Å². The van der Waals surface area contributed by atoms with E-state index in [1.165, 1.54) is 17.8 Å². The second kappa shape index (κ2) is 5.79. The van der Waals surface area contributed by atoms with Crippen LogP contribution < -0.4 is 4.72 Å². The van der Waals surface area contributed by atoms with Crippen molar-refractivity contribution in [3.63, 3.8) is 0 Å². The molecule has 5 nitrogen and oxygen atoms in total.